The molecule has 0 saturated carbocycles. The largest absolute Gasteiger partial charge is 0.439 e. The SMILES string of the molecule is CSc1nc(N)cc(Oc2ccc(-c3nc(Nc4cc(C)ccc4F)n[nH]3)cc2)n1. The zero-order valence-electron chi connectivity index (χ0n) is 16.2. The number of aromatic nitrogens is 5. The predicted octanol–water partition coefficient (Wildman–Crippen LogP) is 4.55. The number of nitrogens with two attached hydrogens (primary N) is 1. The summed E-state index contributed by atoms with van der Waals surface area (Å²) < 4.78 is 19.7. The molecule has 0 fully saturated rings. The Labute approximate surface area is 176 Å². The number of nitrogens with one attached hydrogen (secondary N) is 2. The van der Waals surface area contributed by atoms with E-state index < -0.39 is 0 Å². The van der Waals surface area contributed by atoms with Crippen molar-refractivity contribution in [2.75, 3.05) is 17.3 Å². The molecule has 2 aromatic carbocycles. The van der Waals surface area contributed by atoms with Crippen LogP contribution in [-0.4, -0.2) is 31.4 Å². The van der Waals surface area contributed by atoms with Crippen LogP contribution in [0, 0.1) is 12.7 Å². The van der Waals surface area contributed by atoms with E-state index in [0.29, 0.717) is 34.1 Å². The van der Waals surface area contributed by atoms with Gasteiger partial charge in [-0.05, 0) is 55.1 Å². The number of hydrogen-bond acceptors (Lipinski definition) is 8. The first-order valence-corrected chi connectivity index (χ1v) is 10.1. The van der Waals surface area contributed by atoms with Gasteiger partial charge in [0.05, 0.1) is 5.69 Å². The summed E-state index contributed by atoms with van der Waals surface area (Å²) >= 11 is 1.38. The summed E-state index contributed by atoms with van der Waals surface area (Å²) in [7, 11) is 0. The van der Waals surface area contributed by atoms with Crippen molar-refractivity contribution in [2.24, 2.45) is 0 Å². The molecule has 4 aromatic rings. The van der Waals surface area contributed by atoms with Crippen LogP contribution >= 0.6 is 11.8 Å². The number of hydrogen-bond donors (Lipinski definition) is 3. The summed E-state index contributed by atoms with van der Waals surface area (Å²) in [4.78, 5) is 12.7. The smallest absolute Gasteiger partial charge is 0.246 e. The van der Waals surface area contributed by atoms with Crippen LogP contribution in [0.25, 0.3) is 11.4 Å². The lowest BCUT2D eigenvalue weighted by atomic mass is 10.2. The average Bonchev–Trinajstić information content (AvgIpc) is 3.19. The molecular formula is C20H18FN7OS. The predicted molar refractivity (Wildman–Crippen MR) is 115 cm³/mol. The monoisotopic (exact) mass is 423 g/mol. The molecule has 0 radical (unpaired) electrons. The highest BCUT2D eigenvalue weighted by molar-refractivity contribution is 7.98. The number of aromatic amines is 1. The van der Waals surface area contributed by atoms with Gasteiger partial charge in [0.1, 0.15) is 17.4 Å². The molecule has 0 atom stereocenters. The second-order valence-electron chi connectivity index (χ2n) is 6.36. The van der Waals surface area contributed by atoms with E-state index in [4.69, 9.17) is 10.5 Å². The van der Waals surface area contributed by atoms with E-state index in [0.717, 1.165) is 11.1 Å². The first kappa shape index (κ1) is 19.6. The van der Waals surface area contributed by atoms with Crippen LogP contribution in [0.4, 0.5) is 21.8 Å². The number of ether oxygens (including phenoxy) is 1. The van der Waals surface area contributed by atoms with E-state index in [1.165, 1.54) is 17.8 Å². The van der Waals surface area contributed by atoms with Gasteiger partial charge in [-0.15, -0.1) is 5.10 Å². The van der Waals surface area contributed by atoms with Crippen LogP contribution in [0.3, 0.4) is 0 Å². The zero-order chi connectivity index (χ0) is 21.1. The molecule has 0 bridgehead atoms. The summed E-state index contributed by atoms with van der Waals surface area (Å²) in [6.07, 6.45) is 1.86. The molecule has 4 N–H and O–H groups in total. The molecule has 0 aliphatic carbocycles. The van der Waals surface area contributed by atoms with E-state index in [2.05, 4.69) is 30.5 Å². The molecule has 4 rings (SSSR count). The van der Waals surface area contributed by atoms with Gasteiger partial charge in [-0.3, -0.25) is 5.10 Å². The van der Waals surface area contributed by atoms with Gasteiger partial charge in [-0.1, -0.05) is 17.8 Å². The molecule has 0 saturated heterocycles. The Balaban J connectivity index is 1.48. The second-order valence-corrected chi connectivity index (χ2v) is 7.13. The maximum Gasteiger partial charge on any atom is 0.246 e. The highest BCUT2D eigenvalue weighted by Crippen LogP contribution is 2.26. The summed E-state index contributed by atoms with van der Waals surface area (Å²) in [5.74, 6) is 1.73. The number of aryl methyl sites for hydroxylation is 1. The zero-order valence-corrected chi connectivity index (χ0v) is 17.0. The second kappa shape index (κ2) is 8.37. The Hall–Kier alpha value is -3.66. The van der Waals surface area contributed by atoms with Gasteiger partial charge in [0.15, 0.2) is 11.0 Å². The lowest BCUT2D eigenvalue weighted by molar-refractivity contribution is 0.456. The van der Waals surface area contributed by atoms with Gasteiger partial charge < -0.3 is 15.8 Å². The maximum atomic E-state index is 13.9. The topological polar surface area (TPSA) is 115 Å². The average molecular weight is 423 g/mol. The molecular weight excluding hydrogens is 405 g/mol. The van der Waals surface area contributed by atoms with Crippen LogP contribution in [0.5, 0.6) is 11.6 Å². The Morgan fingerprint density at radius 1 is 1.07 bits per heavy atom. The third-order valence-electron chi connectivity index (χ3n) is 4.09. The fourth-order valence-electron chi connectivity index (χ4n) is 2.67. The molecule has 0 aliphatic rings. The fourth-order valence-corrected chi connectivity index (χ4v) is 3.05. The van der Waals surface area contributed by atoms with Gasteiger partial charge in [0, 0.05) is 11.6 Å². The summed E-state index contributed by atoms with van der Waals surface area (Å²) in [6.45, 7) is 1.88. The van der Waals surface area contributed by atoms with Crippen LogP contribution in [0.1, 0.15) is 5.56 Å². The number of nitrogens with zero attached hydrogens (tertiary/aromatic N) is 4. The Kier molecular flexibility index (Phi) is 5.48. The summed E-state index contributed by atoms with van der Waals surface area (Å²) in [5.41, 5.74) is 7.81. The number of rotatable bonds is 6. The highest BCUT2D eigenvalue weighted by Gasteiger charge is 2.10. The molecule has 152 valence electrons. The van der Waals surface area contributed by atoms with Crippen molar-refractivity contribution < 1.29 is 9.13 Å². The molecule has 0 spiro atoms. The number of nitrogen functional groups attached to an aromatic ring is 1. The van der Waals surface area contributed by atoms with Crippen molar-refractivity contribution in [1.29, 1.82) is 0 Å². The van der Waals surface area contributed by atoms with Crippen molar-refractivity contribution in [3.63, 3.8) is 0 Å². The molecule has 0 amide bonds. The lowest BCUT2D eigenvalue weighted by Crippen LogP contribution is -1.97. The normalized spacial score (nSPS) is 10.8. The molecule has 10 heteroatoms. The van der Waals surface area contributed by atoms with Crippen molar-refractivity contribution in [2.45, 2.75) is 12.1 Å². The van der Waals surface area contributed by atoms with Gasteiger partial charge in [-0.2, -0.15) is 9.97 Å². The molecule has 8 nitrogen and oxygen atoms in total. The Bertz CT molecular complexity index is 1180. The molecule has 2 heterocycles. The molecule has 0 unspecified atom stereocenters. The molecule has 0 aliphatic heterocycles. The first-order chi connectivity index (χ1) is 14.5. The lowest BCUT2D eigenvalue weighted by Gasteiger charge is -2.07. The number of thioether (sulfide) groups is 1. The number of halogens is 1. The van der Waals surface area contributed by atoms with E-state index in [1.807, 2.05) is 25.3 Å². The minimum absolute atomic E-state index is 0.274. The maximum absolute atomic E-state index is 13.9. The number of benzene rings is 2. The minimum Gasteiger partial charge on any atom is -0.439 e. The van der Waals surface area contributed by atoms with E-state index in [1.54, 1.807) is 30.3 Å². The Morgan fingerprint density at radius 2 is 1.87 bits per heavy atom. The number of anilines is 3. The standard InChI is InChI=1S/C20H18FN7OS/c1-11-3-8-14(21)15(9-11)23-19-26-18(27-28-19)12-4-6-13(7-5-12)29-17-10-16(22)24-20(25-17)30-2/h3-10H,1-2H3,(H2,22,24,25)(H2,23,26,27,28). The highest BCUT2D eigenvalue weighted by atomic mass is 32.2. The first-order valence-electron chi connectivity index (χ1n) is 8.92. The van der Waals surface area contributed by atoms with E-state index in [-0.39, 0.29) is 11.8 Å². The molecule has 2 aromatic heterocycles. The Morgan fingerprint density at radius 3 is 2.63 bits per heavy atom. The van der Waals surface area contributed by atoms with Gasteiger partial charge in [-0.25, -0.2) is 9.37 Å². The quantitative estimate of drug-likeness (QED) is 0.306. The van der Waals surface area contributed by atoms with Gasteiger partial charge in [0.2, 0.25) is 11.8 Å². The molecule has 30 heavy (non-hydrogen) atoms. The van der Waals surface area contributed by atoms with E-state index >= 15 is 0 Å². The van der Waals surface area contributed by atoms with Gasteiger partial charge in [0.25, 0.3) is 0 Å². The summed E-state index contributed by atoms with van der Waals surface area (Å²) in [5, 5.41) is 10.4. The summed E-state index contributed by atoms with van der Waals surface area (Å²) in [6, 6.07) is 13.6. The van der Waals surface area contributed by atoms with Crippen molar-refractivity contribution in [3.05, 3.63) is 59.9 Å². The van der Waals surface area contributed by atoms with Crippen molar-refractivity contribution >= 4 is 29.2 Å². The van der Waals surface area contributed by atoms with Crippen LogP contribution in [0.15, 0.2) is 53.7 Å². The minimum atomic E-state index is -0.372. The fraction of sp³-hybridized carbons (Fsp3) is 0.100. The van der Waals surface area contributed by atoms with Crippen LogP contribution in [0.2, 0.25) is 0 Å². The van der Waals surface area contributed by atoms with Gasteiger partial charge >= 0.3 is 0 Å². The van der Waals surface area contributed by atoms with Crippen molar-refractivity contribution in [1.82, 2.24) is 25.1 Å². The number of H-pyrrole nitrogens is 1. The van der Waals surface area contributed by atoms with E-state index in [9.17, 15) is 4.39 Å². The van der Waals surface area contributed by atoms with Crippen molar-refractivity contribution in [3.8, 4) is 23.0 Å². The van der Waals surface area contributed by atoms with Crippen LogP contribution in [-0.2, 0) is 0 Å². The third kappa shape index (κ3) is 4.49. The van der Waals surface area contributed by atoms with Crippen LogP contribution < -0.4 is 15.8 Å². The third-order valence-corrected chi connectivity index (χ3v) is 4.64.